The van der Waals surface area contributed by atoms with Gasteiger partial charge in [-0.15, -0.1) is 0 Å². The number of rotatable bonds is 0. The van der Waals surface area contributed by atoms with Gasteiger partial charge in [0.1, 0.15) is 0 Å². The summed E-state index contributed by atoms with van der Waals surface area (Å²) in [6.45, 7) is 0. The second-order valence-corrected chi connectivity index (χ2v) is 1.22. The van der Waals surface area contributed by atoms with Crippen molar-refractivity contribution in [1.29, 1.82) is 0 Å². The zero-order valence-electron chi connectivity index (χ0n) is 3.86. The van der Waals surface area contributed by atoms with Crippen LogP contribution < -0.4 is 51.4 Å². The zero-order valence-corrected chi connectivity index (χ0v) is 10.3. The summed E-state index contributed by atoms with van der Waals surface area (Å²) < 4.78 is 34.1. The van der Waals surface area contributed by atoms with E-state index in [2.05, 4.69) is 0 Å². The van der Waals surface area contributed by atoms with E-state index >= 15 is 0 Å². The van der Waals surface area contributed by atoms with Crippen LogP contribution in [0.1, 0.15) is 0 Å². The van der Waals surface area contributed by atoms with E-state index in [-0.39, 0.29) is 86.1 Å². The topological polar surface area (TPSA) is 80.3 Å². The fraction of sp³-hybridized carbons (Fsp3) is 0. The van der Waals surface area contributed by atoms with Crippen LogP contribution in [0.4, 0.5) is 0 Å². The summed E-state index contributed by atoms with van der Waals surface area (Å²) in [6.07, 6.45) is 0. The van der Waals surface area contributed by atoms with E-state index in [1.54, 1.807) is 0 Å². The Morgan fingerprint density at radius 2 is 1.00 bits per heavy atom. The molecule has 0 aliphatic carbocycles. The van der Waals surface area contributed by atoms with E-state index in [1.807, 2.05) is 0 Å². The van der Waals surface area contributed by atoms with Gasteiger partial charge in [0.05, 0.1) is 0 Å². The van der Waals surface area contributed by atoms with Gasteiger partial charge in [-0.1, -0.05) is 0 Å². The fourth-order valence-corrected chi connectivity index (χ4v) is 0. The van der Waals surface area contributed by atoms with Crippen molar-refractivity contribution in [1.82, 2.24) is 0 Å². The predicted molar refractivity (Wildman–Crippen MR) is 10.5 cm³/mol. The van der Waals surface area contributed by atoms with Crippen LogP contribution in [0.2, 0.25) is 0 Å². The van der Waals surface area contributed by atoms with Gasteiger partial charge in [-0.25, -0.2) is 0 Å². The van der Waals surface area contributed by atoms with Crippen LogP contribution in [0.15, 0.2) is 0 Å². The molecule has 0 amide bonds. The minimum absolute atomic E-state index is 0. The van der Waals surface area contributed by atoms with Crippen molar-refractivity contribution in [2.45, 2.75) is 0 Å². The molecular weight excluding hydrogens is 239 g/mol. The van der Waals surface area contributed by atoms with Crippen LogP contribution in [0.25, 0.3) is 0 Å². The predicted octanol–water partition coefficient (Wildman–Crippen LogP) is -4.34. The van der Waals surface area contributed by atoms with Crippen molar-refractivity contribution in [3.8, 4) is 0 Å². The normalized spacial score (nSPS) is 7.25. The summed E-state index contributed by atoms with van der Waals surface area (Å²) in [7, 11) is -5.17. The minimum atomic E-state index is -5.17. The third kappa shape index (κ3) is 74.3. The molecule has 0 atom stereocenters. The van der Waals surface area contributed by atoms with E-state index in [4.69, 9.17) is 17.5 Å². The van der Waals surface area contributed by atoms with E-state index in [9.17, 15) is 0 Å². The quantitative estimate of drug-likeness (QED) is 0.243. The van der Waals surface area contributed by atoms with Gasteiger partial charge in [0.15, 0.2) is 0 Å². The summed E-state index contributed by atoms with van der Waals surface area (Å²) in [4.78, 5) is 0. The third-order valence-corrected chi connectivity index (χ3v) is 0. The van der Waals surface area contributed by atoms with Crippen LogP contribution in [-0.4, -0.2) is 17.5 Å². The average Bonchev–Trinajstić information content (AvgIpc) is 0.722. The SMILES string of the molecule is O=S(=O)([O-])[O-].[Cr+3].[Cr+3].[K+]. The molecular formula is Cr2KO4S+5. The average molecular weight is 239 g/mol. The Hall–Kier alpha value is 2.57. The largest absolute Gasteiger partial charge is 3.00 e. The maximum Gasteiger partial charge on any atom is 3.00 e. The van der Waals surface area contributed by atoms with Crippen molar-refractivity contribution >= 4 is 10.4 Å². The van der Waals surface area contributed by atoms with Gasteiger partial charge >= 0.3 is 86.1 Å². The Bertz CT molecular complexity index is 97.2. The third-order valence-electron chi connectivity index (χ3n) is 0. The van der Waals surface area contributed by atoms with Crippen molar-refractivity contribution in [3.05, 3.63) is 0 Å². The van der Waals surface area contributed by atoms with Crippen LogP contribution in [0.3, 0.4) is 0 Å². The molecule has 0 aromatic rings. The molecule has 0 saturated carbocycles. The van der Waals surface area contributed by atoms with Gasteiger partial charge in [0, 0.05) is 10.4 Å². The van der Waals surface area contributed by atoms with Crippen LogP contribution >= 0.6 is 0 Å². The molecule has 0 bridgehead atoms. The molecule has 0 unspecified atom stereocenters. The molecule has 38 valence electrons. The molecule has 0 spiro atoms. The Morgan fingerprint density at radius 1 is 1.00 bits per heavy atom. The molecule has 0 fully saturated rings. The molecule has 0 aromatic carbocycles. The monoisotopic (exact) mass is 239 g/mol. The first-order chi connectivity index (χ1) is 2.00. The van der Waals surface area contributed by atoms with Gasteiger partial charge in [0.25, 0.3) is 0 Å². The first kappa shape index (κ1) is 22.4. The van der Waals surface area contributed by atoms with Crippen LogP contribution in [-0.2, 0) is 45.1 Å². The van der Waals surface area contributed by atoms with E-state index in [0.717, 1.165) is 0 Å². The molecule has 0 rings (SSSR count). The molecule has 8 heavy (non-hydrogen) atoms. The molecule has 0 aliphatic rings. The van der Waals surface area contributed by atoms with Crippen molar-refractivity contribution in [3.63, 3.8) is 0 Å². The first-order valence-corrected chi connectivity index (χ1v) is 2.00. The molecule has 8 heteroatoms. The smallest absolute Gasteiger partial charge is 0.759 e. The maximum atomic E-state index is 8.52. The first-order valence-electron chi connectivity index (χ1n) is 0.667. The molecule has 2 radical (unpaired) electrons. The number of hydrogen-bond donors (Lipinski definition) is 0. The Morgan fingerprint density at radius 3 is 1.00 bits per heavy atom. The van der Waals surface area contributed by atoms with Gasteiger partial charge in [0.2, 0.25) is 0 Å². The standard InChI is InChI=1S/2Cr.K.H2O4S/c;;;1-5(2,3)4/h;;;(H2,1,2,3,4)/q2*+3;+1;/p-2. The van der Waals surface area contributed by atoms with Crippen molar-refractivity contribution < 1.29 is 104 Å². The second kappa shape index (κ2) is 9.57. The van der Waals surface area contributed by atoms with Gasteiger partial charge in [-0.05, 0) is 0 Å². The summed E-state index contributed by atoms with van der Waals surface area (Å²) in [5.41, 5.74) is 0. The number of hydrogen-bond acceptors (Lipinski definition) is 4. The van der Waals surface area contributed by atoms with Gasteiger partial charge in [-0.2, -0.15) is 0 Å². The fourth-order valence-electron chi connectivity index (χ4n) is 0. The molecule has 0 saturated heterocycles. The Balaban J connectivity index is -0.0000000267. The summed E-state index contributed by atoms with van der Waals surface area (Å²) in [6, 6.07) is 0. The molecule has 0 N–H and O–H groups in total. The molecule has 0 aromatic heterocycles. The molecule has 0 heterocycles. The van der Waals surface area contributed by atoms with E-state index < -0.39 is 10.4 Å². The maximum absolute atomic E-state index is 8.52. The van der Waals surface area contributed by atoms with E-state index in [1.165, 1.54) is 0 Å². The van der Waals surface area contributed by atoms with Crippen molar-refractivity contribution in [2.24, 2.45) is 0 Å². The molecule has 4 nitrogen and oxygen atoms in total. The summed E-state index contributed by atoms with van der Waals surface area (Å²) in [5.74, 6) is 0. The Kier molecular flexibility index (Phi) is 26.8. The summed E-state index contributed by atoms with van der Waals surface area (Å²) >= 11 is 0. The second-order valence-electron chi connectivity index (χ2n) is 0.408. The van der Waals surface area contributed by atoms with Crippen LogP contribution in [0.5, 0.6) is 0 Å². The van der Waals surface area contributed by atoms with Gasteiger partial charge in [-0.3, -0.25) is 8.42 Å². The summed E-state index contributed by atoms with van der Waals surface area (Å²) in [5, 5.41) is 0. The minimum Gasteiger partial charge on any atom is -0.759 e. The van der Waals surface area contributed by atoms with Crippen molar-refractivity contribution in [2.75, 3.05) is 0 Å². The van der Waals surface area contributed by atoms with Gasteiger partial charge < -0.3 is 9.11 Å². The Labute approximate surface area is 112 Å². The zero-order chi connectivity index (χ0) is 4.50. The van der Waals surface area contributed by atoms with E-state index in [0.29, 0.717) is 0 Å². The molecule has 0 aliphatic heterocycles. The van der Waals surface area contributed by atoms with Crippen LogP contribution in [0, 0.1) is 0 Å².